The number of aliphatic hydroxyl groups excluding tert-OH is 1. The van der Waals surface area contributed by atoms with Gasteiger partial charge in [0.15, 0.2) is 0 Å². The first-order valence-electron chi connectivity index (χ1n) is 8.07. The van der Waals surface area contributed by atoms with E-state index in [1.807, 2.05) is 17.0 Å². The van der Waals surface area contributed by atoms with Gasteiger partial charge in [-0.3, -0.25) is 0 Å². The molecule has 3 nitrogen and oxygen atoms in total. The average molecular weight is 294 g/mol. The molecule has 118 valence electrons. The van der Waals surface area contributed by atoms with Crippen LogP contribution < -0.4 is 10.2 Å². The number of benzene rings is 1. The van der Waals surface area contributed by atoms with E-state index < -0.39 is 0 Å². The molecule has 0 saturated heterocycles. The Morgan fingerprint density at radius 1 is 1.43 bits per heavy atom. The maximum atomic E-state index is 14.5. The van der Waals surface area contributed by atoms with Crippen molar-refractivity contribution in [3.05, 3.63) is 29.6 Å². The summed E-state index contributed by atoms with van der Waals surface area (Å²) < 4.78 is 14.5. The third-order valence-corrected chi connectivity index (χ3v) is 4.34. The Kier molecular flexibility index (Phi) is 6.00. The zero-order valence-electron chi connectivity index (χ0n) is 13.1. The van der Waals surface area contributed by atoms with Crippen LogP contribution in [-0.4, -0.2) is 30.8 Å². The third kappa shape index (κ3) is 3.95. The summed E-state index contributed by atoms with van der Waals surface area (Å²) in [6.07, 6.45) is 4.45. The van der Waals surface area contributed by atoms with E-state index in [-0.39, 0.29) is 18.5 Å². The van der Waals surface area contributed by atoms with Crippen LogP contribution in [0.1, 0.15) is 51.1 Å². The van der Waals surface area contributed by atoms with Crippen molar-refractivity contribution in [3.8, 4) is 0 Å². The van der Waals surface area contributed by atoms with Crippen LogP contribution in [-0.2, 0) is 0 Å². The smallest absolute Gasteiger partial charge is 0.146 e. The fraction of sp³-hybridized carbons (Fsp3) is 0.647. The lowest BCUT2D eigenvalue weighted by Crippen LogP contribution is -2.42. The average Bonchev–Trinajstić information content (AvgIpc) is 2.42. The molecule has 4 heteroatoms. The van der Waals surface area contributed by atoms with Gasteiger partial charge in [-0.15, -0.1) is 0 Å². The first-order chi connectivity index (χ1) is 10.2. The van der Waals surface area contributed by atoms with Crippen LogP contribution in [0.25, 0.3) is 0 Å². The summed E-state index contributed by atoms with van der Waals surface area (Å²) in [5, 5.41) is 12.6. The van der Waals surface area contributed by atoms with E-state index >= 15 is 0 Å². The van der Waals surface area contributed by atoms with Gasteiger partial charge in [0.25, 0.3) is 0 Å². The normalized spacial score (nSPS) is 16.6. The number of halogens is 1. The first kappa shape index (κ1) is 16.2. The Morgan fingerprint density at radius 2 is 2.19 bits per heavy atom. The largest absolute Gasteiger partial charge is 0.395 e. The van der Waals surface area contributed by atoms with Gasteiger partial charge in [-0.2, -0.15) is 0 Å². The van der Waals surface area contributed by atoms with E-state index in [0.29, 0.717) is 18.3 Å². The molecular weight excluding hydrogens is 267 g/mol. The molecule has 1 unspecified atom stereocenters. The molecule has 2 N–H and O–H groups in total. The Labute approximate surface area is 127 Å². The van der Waals surface area contributed by atoms with Crippen LogP contribution in [0.5, 0.6) is 0 Å². The number of nitrogens with one attached hydrogen (secondary N) is 1. The Bertz CT molecular complexity index is 448. The van der Waals surface area contributed by atoms with E-state index in [2.05, 4.69) is 19.2 Å². The zero-order valence-corrected chi connectivity index (χ0v) is 13.1. The lowest BCUT2D eigenvalue weighted by molar-refractivity contribution is 0.282. The zero-order chi connectivity index (χ0) is 15.2. The highest BCUT2D eigenvalue weighted by Crippen LogP contribution is 2.32. The predicted octanol–water partition coefficient (Wildman–Crippen LogP) is 3.24. The van der Waals surface area contributed by atoms with E-state index in [9.17, 15) is 9.50 Å². The van der Waals surface area contributed by atoms with Gasteiger partial charge >= 0.3 is 0 Å². The fourth-order valence-electron chi connectivity index (χ4n) is 2.81. The SMILES string of the molecule is CCCNC(C)c1ccc(N(CCO)C2CCC2)c(F)c1. The first-order valence-corrected chi connectivity index (χ1v) is 8.07. The molecule has 0 amide bonds. The monoisotopic (exact) mass is 294 g/mol. The van der Waals surface area contributed by atoms with E-state index in [4.69, 9.17) is 0 Å². The second-order valence-electron chi connectivity index (χ2n) is 5.89. The summed E-state index contributed by atoms with van der Waals surface area (Å²) >= 11 is 0. The molecule has 1 aromatic carbocycles. The van der Waals surface area contributed by atoms with Gasteiger partial charge in [0, 0.05) is 18.6 Å². The van der Waals surface area contributed by atoms with Crippen LogP contribution in [0.4, 0.5) is 10.1 Å². The number of hydrogen-bond donors (Lipinski definition) is 2. The van der Waals surface area contributed by atoms with Crippen LogP contribution in [0.15, 0.2) is 18.2 Å². The van der Waals surface area contributed by atoms with Crippen molar-refractivity contribution >= 4 is 5.69 Å². The molecule has 1 fully saturated rings. The van der Waals surface area contributed by atoms with Crippen molar-refractivity contribution in [1.82, 2.24) is 5.32 Å². The molecule has 1 aliphatic carbocycles. The molecule has 1 aromatic rings. The third-order valence-electron chi connectivity index (χ3n) is 4.34. The topological polar surface area (TPSA) is 35.5 Å². The minimum absolute atomic E-state index is 0.0617. The summed E-state index contributed by atoms with van der Waals surface area (Å²) in [4.78, 5) is 2.02. The molecule has 0 spiro atoms. The minimum atomic E-state index is -0.182. The molecule has 1 atom stereocenters. The van der Waals surface area contributed by atoms with Crippen molar-refractivity contribution in [2.75, 3.05) is 24.6 Å². The molecule has 21 heavy (non-hydrogen) atoms. The van der Waals surface area contributed by atoms with Crippen molar-refractivity contribution < 1.29 is 9.50 Å². The quantitative estimate of drug-likeness (QED) is 0.772. The van der Waals surface area contributed by atoms with Gasteiger partial charge in [-0.25, -0.2) is 4.39 Å². The van der Waals surface area contributed by atoms with Crippen molar-refractivity contribution in [3.63, 3.8) is 0 Å². The van der Waals surface area contributed by atoms with Crippen LogP contribution >= 0.6 is 0 Å². The van der Waals surface area contributed by atoms with E-state index in [1.165, 1.54) is 6.42 Å². The molecular formula is C17H27FN2O. The van der Waals surface area contributed by atoms with Crippen molar-refractivity contribution in [2.24, 2.45) is 0 Å². The summed E-state index contributed by atoms with van der Waals surface area (Å²) in [6, 6.07) is 6.03. The van der Waals surface area contributed by atoms with E-state index in [0.717, 1.165) is 31.4 Å². The second kappa shape index (κ2) is 7.76. The van der Waals surface area contributed by atoms with Gasteiger partial charge in [0.1, 0.15) is 5.82 Å². The number of nitrogens with zero attached hydrogens (tertiary/aromatic N) is 1. The number of hydrogen-bond acceptors (Lipinski definition) is 3. The van der Waals surface area contributed by atoms with Gasteiger partial charge < -0.3 is 15.3 Å². The maximum Gasteiger partial charge on any atom is 0.146 e. The summed E-state index contributed by atoms with van der Waals surface area (Å²) in [7, 11) is 0. The van der Waals surface area contributed by atoms with Crippen molar-refractivity contribution in [2.45, 2.75) is 51.6 Å². The highest BCUT2D eigenvalue weighted by atomic mass is 19.1. The summed E-state index contributed by atoms with van der Waals surface area (Å²) in [5.74, 6) is -0.182. The molecule has 0 aromatic heterocycles. The fourth-order valence-corrected chi connectivity index (χ4v) is 2.81. The van der Waals surface area contributed by atoms with Crippen LogP contribution in [0.3, 0.4) is 0 Å². The van der Waals surface area contributed by atoms with Gasteiger partial charge in [0.2, 0.25) is 0 Å². The van der Waals surface area contributed by atoms with Gasteiger partial charge in [-0.05, 0) is 56.8 Å². The summed E-state index contributed by atoms with van der Waals surface area (Å²) in [6.45, 7) is 5.68. The molecule has 2 rings (SSSR count). The number of rotatable bonds is 8. The minimum Gasteiger partial charge on any atom is -0.395 e. The number of anilines is 1. The molecule has 0 bridgehead atoms. The standard InChI is InChI=1S/C17H27FN2O/c1-3-9-19-13(2)14-7-8-17(16(18)12-14)20(10-11-21)15-5-4-6-15/h7-8,12-13,15,19,21H,3-6,9-11H2,1-2H3. The predicted molar refractivity (Wildman–Crippen MR) is 85.2 cm³/mol. The van der Waals surface area contributed by atoms with Crippen molar-refractivity contribution in [1.29, 1.82) is 0 Å². The molecule has 0 radical (unpaired) electrons. The Morgan fingerprint density at radius 3 is 2.71 bits per heavy atom. The lowest BCUT2D eigenvalue weighted by atomic mass is 9.91. The molecule has 1 aliphatic rings. The van der Waals surface area contributed by atoms with Gasteiger partial charge in [-0.1, -0.05) is 13.0 Å². The van der Waals surface area contributed by atoms with Crippen LogP contribution in [0.2, 0.25) is 0 Å². The van der Waals surface area contributed by atoms with E-state index in [1.54, 1.807) is 6.07 Å². The number of aliphatic hydroxyl groups is 1. The summed E-state index contributed by atoms with van der Waals surface area (Å²) in [5.41, 5.74) is 1.60. The molecule has 1 saturated carbocycles. The Hall–Kier alpha value is -1.13. The second-order valence-corrected chi connectivity index (χ2v) is 5.89. The molecule has 0 heterocycles. The van der Waals surface area contributed by atoms with Crippen LogP contribution in [0, 0.1) is 5.82 Å². The molecule has 0 aliphatic heterocycles. The highest BCUT2D eigenvalue weighted by molar-refractivity contribution is 5.51. The van der Waals surface area contributed by atoms with Gasteiger partial charge in [0.05, 0.1) is 12.3 Å². The Balaban J connectivity index is 2.13. The lowest BCUT2D eigenvalue weighted by Gasteiger charge is -2.39. The maximum absolute atomic E-state index is 14.5. The highest BCUT2D eigenvalue weighted by Gasteiger charge is 2.26.